The Hall–Kier alpha value is -1.43. The van der Waals surface area contributed by atoms with Gasteiger partial charge in [-0.05, 0) is 19.3 Å². The Morgan fingerprint density at radius 3 is 3.24 bits per heavy atom. The largest absolute Gasteiger partial charge is 0.379 e. The Balaban J connectivity index is 1.89. The molecule has 1 aromatic heterocycles. The van der Waals surface area contributed by atoms with Crippen LogP contribution in [-0.2, 0) is 11.2 Å². The Morgan fingerprint density at radius 2 is 2.53 bits per heavy atom. The number of carbonyl (C=O) groups excluding carboxylic acids is 1. The molecule has 6 heteroatoms. The van der Waals surface area contributed by atoms with E-state index in [4.69, 9.17) is 4.74 Å². The zero-order valence-electron chi connectivity index (χ0n) is 10.0. The van der Waals surface area contributed by atoms with E-state index >= 15 is 0 Å². The third-order valence-corrected chi connectivity index (χ3v) is 2.72. The number of nitrogens with zero attached hydrogens (tertiary/aromatic N) is 2. The number of carbonyl (C=O) groups is 1. The maximum Gasteiger partial charge on any atom is 0.291 e. The number of nitrogens with one attached hydrogen (secondary N) is 2. The van der Waals surface area contributed by atoms with Crippen LogP contribution in [0.2, 0.25) is 0 Å². The molecule has 0 aliphatic carbocycles. The SMILES string of the molecule is CCCc1nc(C(=O)NC2CCCOC2)n[nH]1. The molecule has 94 valence electrons. The second-order valence-electron chi connectivity index (χ2n) is 4.24. The zero-order chi connectivity index (χ0) is 12.1. The van der Waals surface area contributed by atoms with Gasteiger partial charge in [-0.25, -0.2) is 4.98 Å². The fourth-order valence-corrected chi connectivity index (χ4v) is 1.85. The first-order valence-electron chi connectivity index (χ1n) is 6.09. The quantitative estimate of drug-likeness (QED) is 0.807. The van der Waals surface area contributed by atoms with Crippen molar-refractivity contribution in [3.8, 4) is 0 Å². The summed E-state index contributed by atoms with van der Waals surface area (Å²) in [6, 6.07) is 0.0874. The smallest absolute Gasteiger partial charge is 0.291 e. The molecule has 6 nitrogen and oxygen atoms in total. The van der Waals surface area contributed by atoms with Crippen molar-refractivity contribution in [3.05, 3.63) is 11.6 Å². The lowest BCUT2D eigenvalue weighted by molar-refractivity contribution is 0.0619. The van der Waals surface area contributed by atoms with Crippen molar-refractivity contribution in [1.82, 2.24) is 20.5 Å². The summed E-state index contributed by atoms with van der Waals surface area (Å²) < 4.78 is 5.30. The minimum atomic E-state index is -0.223. The first-order chi connectivity index (χ1) is 8.29. The first-order valence-corrected chi connectivity index (χ1v) is 6.09. The molecule has 1 aliphatic rings. The van der Waals surface area contributed by atoms with Crippen LogP contribution in [0.3, 0.4) is 0 Å². The van der Waals surface area contributed by atoms with Crippen LogP contribution in [0.15, 0.2) is 0 Å². The Morgan fingerprint density at radius 1 is 1.65 bits per heavy atom. The molecule has 1 amide bonds. The average Bonchev–Trinajstić information content (AvgIpc) is 2.79. The normalized spacial score (nSPS) is 20.2. The summed E-state index contributed by atoms with van der Waals surface area (Å²) >= 11 is 0. The number of rotatable bonds is 4. The van der Waals surface area contributed by atoms with Crippen molar-refractivity contribution in [2.45, 2.75) is 38.6 Å². The van der Waals surface area contributed by atoms with Crippen molar-refractivity contribution in [2.75, 3.05) is 13.2 Å². The van der Waals surface area contributed by atoms with Gasteiger partial charge in [-0.3, -0.25) is 9.89 Å². The van der Waals surface area contributed by atoms with Gasteiger partial charge in [0, 0.05) is 13.0 Å². The first kappa shape index (κ1) is 12.0. The maximum atomic E-state index is 11.8. The van der Waals surface area contributed by atoms with Crippen LogP contribution in [-0.4, -0.2) is 40.3 Å². The molecular formula is C11H18N4O2. The van der Waals surface area contributed by atoms with Crippen LogP contribution in [0.1, 0.15) is 42.6 Å². The summed E-state index contributed by atoms with van der Waals surface area (Å²) in [5.41, 5.74) is 0. The van der Waals surface area contributed by atoms with E-state index in [1.165, 1.54) is 0 Å². The standard InChI is InChI=1S/C11H18N4O2/c1-2-4-9-13-10(15-14-9)11(16)12-8-5-3-6-17-7-8/h8H,2-7H2,1H3,(H,12,16)(H,13,14,15). The van der Waals surface area contributed by atoms with Crippen molar-refractivity contribution < 1.29 is 9.53 Å². The molecule has 2 N–H and O–H groups in total. The summed E-state index contributed by atoms with van der Waals surface area (Å²) in [5.74, 6) is 0.760. The zero-order valence-corrected chi connectivity index (χ0v) is 10.0. The van der Waals surface area contributed by atoms with Crippen LogP contribution in [0.5, 0.6) is 0 Å². The van der Waals surface area contributed by atoms with E-state index in [0.29, 0.717) is 6.61 Å². The maximum absolute atomic E-state index is 11.8. The molecule has 1 atom stereocenters. The summed E-state index contributed by atoms with van der Waals surface area (Å²) in [6.45, 7) is 3.42. The minimum absolute atomic E-state index is 0.0874. The molecule has 2 rings (SSSR count). The molecule has 1 aliphatic heterocycles. The van der Waals surface area contributed by atoms with E-state index in [1.54, 1.807) is 0 Å². The van der Waals surface area contributed by atoms with Crippen molar-refractivity contribution in [3.63, 3.8) is 0 Å². The lowest BCUT2D eigenvalue weighted by Crippen LogP contribution is -2.41. The Bertz CT molecular complexity index is 371. The highest BCUT2D eigenvalue weighted by Gasteiger charge is 2.19. The van der Waals surface area contributed by atoms with E-state index in [-0.39, 0.29) is 17.8 Å². The molecule has 0 bridgehead atoms. The fraction of sp³-hybridized carbons (Fsp3) is 0.727. The van der Waals surface area contributed by atoms with Crippen molar-refractivity contribution in [2.24, 2.45) is 0 Å². The molecule has 0 aromatic carbocycles. The van der Waals surface area contributed by atoms with E-state index in [9.17, 15) is 4.79 Å². The van der Waals surface area contributed by atoms with Gasteiger partial charge in [-0.2, -0.15) is 0 Å². The van der Waals surface area contributed by atoms with Gasteiger partial charge < -0.3 is 10.1 Å². The van der Waals surface area contributed by atoms with Gasteiger partial charge in [0.25, 0.3) is 5.91 Å². The topological polar surface area (TPSA) is 79.9 Å². The third-order valence-electron chi connectivity index (χ3n) is 2.72. The van der Waals surface area contributed by atoms with Crippen LogP contribution in [0.25, 0.3) is 0 Å². The predicted octanol–water partition coefficient (Wildman–Crippen LogP) is 0.666. The molecule has 2 heterocycles. The average molecular weight is 238 g/mol. The molecule has 1 unspecified atom stereocenters. The molecule has 0 radical (unpaired) electrons. The Labute approximate surface area is 100 Å². The molecular weight excluding hydrogens is 220 g/mol. The van der Waals surface area contributed by atoms with Gasteiger partial charge in [0.15, 0.2) is 0 Å². The van der Waals surface area contributed by atoms with E-state index in [2.05, 4.69) is 27.4 Å². The highest BCUT2D eigenvalue weighted by atomic mass is 16.5. The van der Waals surface area contributed by atoms with Gasteiger partial charge in [0.05, 0.1) is 12.6 Å². The van der Waals surface area contributed by atoms with Crippen molar-refractivity contribution in [1.29, 1.82) is 0 Å². The molecule has 1 fully saturated rings. The molecule has 1 saturated heterocycles. The summed E-state index contributed by atoms with van der Waals surface area (Å²) in [4.78, 5) is 16.0. The number of ether oxygens (including phenoxy) is 1. The highest BCUT2D eigenvalue weighted by molar-refractivity contribution is 5.90. The number of aryl methyl sites for hydroxylation is 1. The van der Waals surface area contributed by atoms with Crippen LogP contribution in [0, 0.1) is 0 Å². The summed E-state index contributed by atoms with van der Waals surface area (Å²) in [5, 5.41) is 9.56. The second-order valence-corrected chi connectivity index (χ2v) is 4.24. The third kappa shape index (κ3) is 3.26. The summed E-state index contributed by atoms with van der Waals surface area (Å²) in [7, 11) is 0. The predicted molar refractivity (Wildman–Crippen MR) is 61.7 cm³/mol. The lowest BCUT2D eigenvalue weighted by Gasteiger charge is -2.22. The monoisotopic (exact) mass is 238 g/mol. The fourth-order valence-electron chi connectivity index (χ4n) is 1.85. The van der Waals surface area contributed by atoms with Crippen molar-refractivity contribution >= 4 is 5.91 Å². The van der Waals surface area contributed by atoms with Crippen LogP contribution < -0.4 is 5.32 Å². The van der Waals surface area contributed by atoms with Crippen LogP contribution >= 0.6 is 0 Å². The number of hydrogen-bond donors (Lipinski definition) is 2. The number of H-pyrrole nitrogens is 1. The molecule has 0 spiro atoms. The molecule has 1 aromatic rings. The molecule has 0 saturated carbocycles. The van der Waals surface area contributed by atoms with Crippen LogP contribution in [0.4, 0.5) is 0 Å². The van der Waals surface area contributed by atoms with Gasteiger partial charge in [0.2, 0.25) is 5.82 Å². The Kier molecular flexibility index (Phi) is 4.08. The van der Waals surface area contributed by atoms with Gasteiger partial charge in [-0.15, -0.1) is 5.10 Å². The number of aromatic nitrogens is 3. The number of amides is 1. The lowest BCUT2D eigenvalue weighted by atomic mass is 10.1. The van der Waals surface area contributed by atoms with Gasteiger partial charge in [-0.1, -0.05) is 6.92 Å². The van der Waals surface area contributed by atoms with Gasteiger partial charge >= 0.3 is 0 Å². The van der Waals surface area contributed by atoms with E-state index in [1.807, 2.05) is 0 Å². The number of hydrogen-bond acceptors (Lipinski definition) is 4. The van der Waals surface area contributed by atoms with E-state index in [0.717, 1.165) is 38.1 Å². The number of aromatic amines is 1. The minimum Gasteiger partial charge on any atom is -0.379 e. The second kappa shape index (κ2) is 5.77. The highest BCUT2D eigenvalue weighted by Crippen LogP contribution is 2.06. The van der Waals surface area contributed by atoms with E-state index < -0.39 is 0 Å². The summed E-state index contributed by atoms with van der Waals surface area (Å²) in [6.07, 6.45) is 3.73. The molecule has 17 heavy (non-hydrogen) atoms. The van der Waals surface area contributed by atoms with Gasteiger partial charge in [0.1, 0.15) is 5.82 Å².